The summed E-state index contributed by atoms with van der Waals surface area (Å²) in [6.45, 7) is 0. The maximum absolute atomic E-state index is 7.62. The van der Waals surface area contributed by atoms with E-state index in [1.807, 2.05) is 0 Å². The summed E-state index contributed by atoms with van der Waals surface area (Å²) in [5.74, 6) is 0. The Morgan fingerprint density at radius 2 is 1.60 bits per heavy atom. The van der Waals surface area contributed by atoms with E-state index in [-0.39, 0.29) is 0 Å². The molecule has 2 nitrogen and oxygen atoms in total. The van der Waals surface area contributed by atoms with E-state index in [1.165, 1.54) is 0 Å². The van der Waals surface area contributed by atoms with Gasteiger partial charge in [-0.15, -0.1) is 0 Å². The summed E-state index contributed by atoms with van der Waals surface area (Å²) in [6.07, 6.45) is 0. The normalized spacial score (nSPS) is 4.40. The van der Waals surface area contributed by atoms with E-state index in [0.717, 1.165) is 0 Å². The summed E-state index contributed by atoms with van der Waals surface area (Å²) in [5.41, 5.74) is 0. The molecule has 0 atom stereocenters. The third kappa shape index (κ3) is 3.50. The molecule has 0 saturated heterocycles. The second-order valence-corrected chi connectivity index (χ2v) is 1.48. The molecule has 0 aliphatic heterocycles. The van der Waals surface area contributed by atoms with Gasteiger partial charge in [0.15, 0.2) is 0 Å². The maximum atomic E-state index is 7.62. The average Bonchev–Trinajstić information content (AvgIpc) is 1.41. The van der Waals surface area contributed by atoms with Crippen molar-refractivity contribution in [2.75, 3.05) is 0 Å². The van der Waals surface area contributed by atoms with Crippen LogP contribution in [-0.4, -0.2) is 15.0 Å². The van der Waals surface area contributed by atoms with Crippen molar-refractivity contribution in [3.05, 3.63) is 0 Å². The predicted molar refractivity (Wildman–Crippen MR) is 17.0 cm³/mol. The van der Waals surface area contributed by atoms with E-state index in [9.17, 15) is 0 Å². The fourth-order valence-electron chi connectivity index (χ4n) is 0.0204. The summed E-state index contributed by atoms with van der Waals surface area (Å²) >= 11 is -0.431. The topological polar surface area (TPSA) is 47.6 Å². The average molecular weight is 131 g/mol. The van der Waals surface area contributed by atoms with Gasteiger partial charge in [-0.1, -0.05) is 0 Å². The van der Waals surface area contributed by atoms with Crippen LogP contribution in [0.5, 0.6) is 0 Å². The molecule has 5 heavy (non-hydrogen) atoms. The van der Waals surface area contributed by atoms with Gasteiger partial charge in [0, 0.05) is 0 Å². The van der Waals surface area contributed by atoms with E-state index >= 15 is 0 Å². The molecule has 0 bridgehead atoms. The van der Waals surface area contributed by atoms with Crippen LogP contribution in [0.25, 0.3) is 0 Å². The van der Waals surface area contributed by atoms with Gasteiger partial charge < -0.3 is 0 Å². The van der Waals surface area contributed by atoms with Crippen molar-refractivity contribution in [1.82, 2.24) is 0 Å². The van der Waals surface area contributed by atoms with Crippen LogP contribution in [0.2, 0.25) is 0 Å². The van der Waals surface area contributed by atoms with Gasteiger partial charge in [0.25, 0.3) is 0 Å². The van der Waals surface area contributed by atoms with Crippen LogP contribution in [0.15, 0.2) is 0 Å². The molecule has 0 aromatic rings. The molecule has 0 radical (unpaired) electrons. The first-order chi connectivity index (χ1) is 2.41. The molecule has 0 N–H and O–H groups in total. The van der Waals surface area contributed by atoms with Crippen LogP contribution >= 0.6 is 0 Å². The zero-order valence-corrected chi connectivity index (χ0v) is 4.02. The van der Waals surface area contributed by atoms with Crippen LogP contribution in [-0.2, 0) is 0 Å². The van der Waals surface area contributed by atoms with Crippen molar-refractivity contribution in [2.24, 2.45) is 0 Å². The zero-order chi connectivity index (χ0) is 4.12. The zero-order valence-electron chi connectivity index (χ0n) is 2.30. The SMILES string of the molecule is N#C[Se]C#N. The van der Waals surface area contributed by atoms with E-state index in [0.29, 0.717) is 0 Å². The number of rotatable bonds is 0. The number of hydrogen-bond acceptors (Lipinski definition) is 2. The molecule has 0 aromatic carbocycles. The molecule has 0 aliphatic rings. The van der Waals surface area contributed by atoms with Gasteiger partial charge in [0.2, 0.25) is 0 Å². The molecule has 0 aromatic heterocycles. The number of nitrogens with zero attached hydrogens (tertiary/aromatic N) is 2. The standard InChI is InChI=1S/C2N2Se/c3-1-5-2-4. The molecule has 0 unspecified atom stereocenters. The molecule has 0 aliphatic carbocycles. The predicted octanol–water partition coefficient (Wildman–Crippen LogP) is -0.347. The van der Waals surface area contributed by atoms with Gasteiger partial charge in [0.1, 0.15) is 0 Å². The minimum atomic E-state index is -0.431. The van der Waals surface area contributed by atoms with Crippen LogP contribution < -0.4 is 0 Å². The molecule has 24 valence electrons. The van der Waals surface area contributed by atoms with E-state index in [4.69, 9.17) is 10.5 Å². The second-order valence-electron chi connectivity index (χ2n) is 0.285. The van der Waals surface area contributed by atoms with Gasteiger partial charge >= 0.3 is 35.4 Å². The van der Waals surface area contributed by atoms with Crippen LogP contribution in [0, 0.1) is 20.5 Å². The molecular formula is C2N2Se. The summed E-state index contributed by atoms with van der Waals surface area (Å²) in [7, 11) is 0. The van der Waals surface area contributed by atoms with E-state index in [2.05, 4.69) is 0 Å². The van der Waals surface area contributed by atoms with Crippen molar-refractivity contribution < 1.29 is 0 Å². The third-order valence-corrected chi connectivity index (χ3v) is 0.474. The first-order valence-electron chi connectivity index (χ1n) is 0.855. The molecular weight excluding hydrogens is 131 g/mol. The molecule has 0 amide bonds. The molecule has 0 saturated carbocycles. The molecule has 0 rings (SSSR count). The third-order valence-electron chi connectivity index (χ3n) is 0.0913. The van der Waals surface area contributed by atoms with Gasteiger partial charge in [-0.05, 0) is 0 Å². The fourth-order valence-corrected chi connectivity index (χ4v) is 0.106. The summed E-state index contributed by atoms with van der Waals surface area (Å²) in [5, 5.41) is 15.2. The van der Waals surface area contributed by atoms with Crippen molar-refractivity contribution >= 4 is 15.0 Å². The Morgan fingerprint density at radius 3 is 1.60 bits per heavy atom. The summed E-state index contributed by atoms with van der Waals surface area (Å²) in [4.78, 5) is 3.44. The van der Waals surface area contributed by atoms with Crippen molar-refractivity contribution in [2.45, 2.75) is 0 Å². The number of hydrogen-bond donors (Lipinski definition) is 0. The first kappa shape index (κ1) is 4.50. The van der Waals surface area contributed by atoms with Crippen molar-refractivity contribution in [1.29, 1.82) is 10.5 Å². The van der Waals surface area contributed by atoms with Gasteiger partial charge in [-0.3, -0.25) is 0 Å². The first-order valence-corrected chi connectivity index (χ1v) is 2.57. The van der Waals surface area contributed by atoms with Crippen molar-refractivity contribution in [3.8, 4) is 9.94 Å². The Balaban J connectivity index is 2.86. The fraction of sp³-hybridized carbons (Fsp3) is 0. The monoisotopic (exact) mass is 132 g/mol. The van der Waals surface area contributed by atoms with Gasteiger partial charge in [0.05, 0.1) is 0 Å². The van der Waals surface area contributed by atoms with Crippen LogP contribution in [0.3, 0.4) is 0 Å². The molecule has 0 fully saturated rings. The van der Waals surface area contributed by atoms with E-state index < -0.39 is 15.0 Å². The minimum absolute atomic E-state index is 0.431. The van der Waals surface area contributed by atoms with Crippen LogP contribution in [0.4, 0.5) is 0 Å². The van der Waals surface area contributed by atoms with Crippen LogP contribution in [0.1, 0.15) is 0 Å². The van der Waals surface area contributed by atoms with Gasteiger partial charge in [-0.2, -0.15) is 0 Å². The Labute approximate surface area is 36.2 Å². The summed E-state index contributed by atoms with van der Waals surface area (Å²) in [6, 6.07) is 0. The second kappa shape index (κ2) is 3.50. The Kier molecular flexibility index (Phi) is 3.15. The number of nitriles is 2. The Hall–Kier alpha value is -0.501. The molecule has 0 spiro atoms. The molecule has 3 heteroatoms. The summed E-state index contributed by atoms with van der Waals surface area (Å²) < 4.78 is 0. The Bertz CT molecular complexity index is 72.8. The van der Waals surface area contributed by atoms with E-state index in [1.54, 1.807) is 9.94 Å². The van der Waals surface area contributed by atoms with Crippen molar-refractivity contribution in [3.63, 3.8) is 0 Å². The quantitative estimate of drug-likeness (QED) is 0.422. The van der Waals surface area contributed by atoms with Gasteiger partial charge in [-0.25, -0.2) is 0 Å². The Morgan fingerprint density at radius 1 is 1.20 bits per heavy atom. The molecule has 0 heterocycles.